The zero-order valence-electron chi connectivity index (χ0n) is 12.0. The molecule has 3 heteroatoms. The van der Waals surface area contributed by atoms with Crippen LogP contribution in [0, 0.1) is 13.8 Å². The van der Waals surface area contributed by atoms with Crippen LogP contribution in [0.25, 0.3) is 0 Å². The van der Waals surface area contributed by atoms with Crippen LogP contribution in [0.5, 0.6) is 5.75 Å². The Kier molecular flexibility index (Phi) is 6.76. The minimum atomic E-state index is 0.710. The summed E-state index contributed by atoms with van der Waals surface area (Å²) in [6.45, 7) is 9.70. The monoisotopic (exact) mass is 251 g/mol. The summed E-state index contributed by atoms with van der Waals surface area (Å²) in [5, 5.41) is 3.34. The third-order valence-corrected chi connectivity index (χ3v) is 2.84. The second-order valence-corrected chi connectivity index (χ2v) is 4.53. The summed E-state index contributed by atoms with van der Waals surface area (Å²) in [5.41, 5.74) is 3.73. The molecule has 0 heterocycles. The van der Waals surface area contributed by atoms with Crippen LogP contribution in [-0.4, -0.2) is 26.9 Å². The molecule has 0 aliphatic rings. The summed E-state index contributed by atoms with van der Waals surface area (Å²) in [6.07, 6.45) is 0.925. The molecule has 0 unspecified atom stereocenters. The summed E-state index contributed by atoms with van der Waals surface area (Å²) in [4.78, 5) is 0. The average Bonchev–Trinajstić information content (AvgIpc) is 2.34. The molecule has 1 aromatic rings. The first kappa shape index (κ1) is 15.0. The maximum absolute atomic E-state index is 5.83. The molecule has 0 fully saturated rings. The van der Waals surface area contributed by atoms with Gasteiger partial charge in [0.05, 0.1) is 6.61 Å². The van der Waals surface area contributed by atoms with E-state index in [1.165, 1.54) is 16.7 Å². The van der Waals surface area contributed by atoms with Gasteiger partial charge in [0.2, 0.25) is 0 Å². The van der Waals surface area contributed by atoms with Crippen LogP contribution in [0.15, 0.2) is 12.1 Å². The summed E-state index contributed by atoms with van der Waals surface area (Å²) < 4.78 is 10.8. The van der Waals surface area contributed by atoms with Crippen molar-refractivity contribution >= 4 is 0 Å². The number of benzene rings is 1. The number of nitrogens with one attached hydrogen (secondary N) is 1. The SMILES string of the molecule is CCNCc1cc(C)c(OCCCOC)c(C)c1. The smallest absolute Gasteiger partial charge is 0.125 e. The number of hydrogen-bond donors (Lipinski definition) is 1. The zero-order chi connectivity index (χ0) is 13.4. The van der Waals surface area contributed by atoms with E-state index in [1.54, 1.807) is 7.11 Å². The van der Waals surface area contributed by atoms with Gasteiger partial charge >= 0.3 is 0 Å². The van der Waals surface area contributed by atoms with Gasteiger partial charge in [-0.05, 0) is 37.1 Å². The molecule has 0 radical (unpaired) electrons. The van der Waals surface area contributed by atoms with Crippen LogP contribution in [0.1, 0.15) is 30.0 Å². The second kappa shape index (κ2) is 8.11. The van der Waals surface area contributed by atoms with Gasteiger partial charge in [0, 0.05) is 26.7 Å². The fourth-order valence-electron chi connectivity index (χ4n) is 2.02. The first-order valence-electron chi connectivity index (χ1n) is 6.61. The Morgan fingerprint density at radius 2 is 1.78 bits per heavy atom. The van der Waals surface area contributed by atoms with Crippen LogP contribution < -0.4 is 10.1 Å². The lowest BCUT2D eigenvalue weighted by Crippen LogP contribution is -2.12. The number of methoxy groups -OCH3 is 1. The summed E-state index contributed by atoms with van der Waals surface area (Å²) in [6, 6.07) is 4.39. The van der Waals surface area contributed by atoms with Gasteiger partial charge in [0.25, 0.3) is 0 Å². The molecule has 18 heavy (non-hydrogen) atoms. The third-order valence-electron chi connectivity index (χ3n) is 2.84. The molecule has 0 atom stereocenters. The topological polar surface area (TPSA) is 30.5 Å². The van der Waals surface area contributed by atoms with E-state index in [1.807, 2.05) is 0 Å². The minimum Gasteiger partial charge on any atom is -0.493 e. The van der Waals surface area contributed by atoms with Crippen molar-refractivity contribution in [1.29, 1.82) is 0 Å². The molecule has 1 N–H and O–H groups in total. The van der Waals surface area contributed by atoms with Crippen molar-refractivity contribution in [2.75, 3.05) is 26.9 Å². The lowest BCUT2D eigenvalue weighted by molar-refractivity contribution is 0.171. The van der Waals surface area contributed by atoms with Gasteiger partial charge in [-0.25, -0.2) is 0 Å². The van der Waals surface area contributed by atoms with E-state index in [0.717, 1.165) is 31.9 Å². The molecule has 0 amide bonds. The van der Waals surface area contributed by atoms with E-state index in [2.05, 4.69) is 38.2 Å². The Hall–Kier alpha value is -1.06. The van der Waals surface area contributed by atoms with Crippen molar-refractivity contribution in [1.82, 2.24) is 5.32 Å². The van der Waals surface area contributed by atoms with E-state index in [9.17, 15) is 0 Å². The predicted molar refractivity (Wildman–Crippen MR) is 75.3 cm³/mol. The van der Waals surface area contributed by atoms with Crippen molar-refractivity contribution in [3.05, 3.63) is 28.8 Å². The van der Waals surface area contributed by atoms with Gasteiger partial charge in [0.1, 0.15) is 5.75 Å². The highest BCUT2D eigenvalue weighted by Gasteiger charge is 2.06. The maximum atomic E-state index is 5.83. The first-order valence-corrected chi connectivity index (χ1v) is 6.61. The predicted octanol–water partition coefficient (Wildman–Crippen LogP) is 2.83. The van der Waals surface area contributed by atoms with Crippen LogP contribution in [0.2, 0.25) is 0 Å². The van der Waals surface area contributed by atoms with Gasteiger partial charge < -0.3 is 14.8 Å². The summed E-state index contributed by atoms with van der Waals surface area (Å²) >= 11 is 0. The molecule has 0 aromatic heterocycles. The maximum Gasteiger partial charge on any atom is 0.125 e. The molecular formula is C15H25NO2. The van der Waals surface area contributed by atoms with Crippen molar-refractivity contribution in [3.8, 4) is 5.75 Å². The molecule has 0 saturated carbocycles. The largest absolute Gasteiger partial charge is 0.493 e. The number of aryl methyl sites for hydroxylation is 2. The Bertz CT molecular complexity index is 341. The molecule has 1 rings (SSSR count). The lowest BCUT2D eigenvalue weighted by atomic mass is 10.1. The molecule has 0 bridgehead atoms. The zero-order valence-corrected chi connectivity index (χ0v) is 12.0. The standard InChI is InChI=1S/C15H25NO2/c1-5-16-11-14-9-12(2)15(13(3)10-14)18-8-6-7-17-4/h9-10,16H,5-8,11H2,1-4H3. The average molecular weight is 251 g/mol. The van der Waals surface area contributed by atoms with Crippen molar-refractivity contribution in [3.63, 3.8) is 0 Å². The van der Waals surface area contributed by atoms with E-state index < -0.39 is 0 Å². The van der Waals surface area contributed by atoms with Crippen molar-refractivity contribution < 1.29 is 9.47 Å². The summed E-state index contributed by atoms with van der Waals surface area (Å²) in [7, 11) is 1.71. The normalized spacial score (nSPS) is 10.7. The molecule has 3 nitrogen and oxygen atoms in total. The van der Waals surface area contributed by atoms with Crippen molar-refractivity contribution in [2.45, 2.75) is 33.7 Å². The number of rotatable bonds is 8. The third kappa shape index (κ3) is 4.67. The van der Waals surface area contributed by atoms with E-state index in [4.69, 9.17) is 9.47 Å². The van der Waals surface area contributed by atoms with Gasteiger partial charge in [-0.15, -0.1) is 0 Å². The highest BCUT2D eigenvalue weighted by atomic mass is 16.5. The molecule has 102 valence electrons. The summed E-state index contributed by atoms with van der Waals surface area (Å²) in [5.74, 6) is 1.02. The Balaban J connectivity index is 2.62. The Morgan fingerprint density at radius 3 is 2.33 bits per heavy atom. The van der Waals surface area contributed by atoms with Crippen LogP contribution in [-0.2, 0) is 11.3 Å². The van der Waals surface area contributed by atoms with Gasteiger partial charge in [0.15, 0.2) is 0 Å². The van der Waals surface area contributed by atoms with Gasteiger partial charge in [-0.3, -0.25) is 0 Å². The molecule has 1 aromatic carbocycles. The van der Waals surface area contributed by atoms with Gasteiger partial charge in [-0.2, -0.15) is 0 Å². The quantitative estimate of drug-likeness (QED) is 0.721. The molecule has 0 spiro atoms. The first-order chi connectivity index (χ1) is 8.69. The van der Waals surface area contributed by atoms with Gasteiger partial charge in [-0.1, -0.05) is 19.1 Å². The molecule has 0 saturated heterocycles. The molecular weight excluding hydrogens is 226 g/mol. The molecule has 0 aliphatic heterocycles. The Morgan fingerprint density at radius 1 is 1.11 bits per heavy atom. The second-order valence-electron chi connectivity index (χ2n) is 4.53. The minimum absolute atomic E-state index is 0.710. The van der Waals surface area contributed by atoms with E-state index in [-0.39, 0.29) is 0 Å². The number of ether oxygens (including phenoxy) is 2. The lowest BCUT2D eigenvalue weighted by Gasteiger charge is -2.14. The Labute approximate surface area is 110 Å². The van der Waals surface area contributed by atoms with Crippen LogP contribution in [0.3, 0.4) is 0 Å². The van der Waals surface area contributed by atoms with E-state index >= 15 is 0 Å². The fraction of sp³-hybridized carbons (Fsp3) is 0.600. The fourth-order valence-corrected chi connectivity index (χ4v) is 2.02. The van der Waals surface area contributed by atoms with E-state index in [0.29, 0.717) is 6.61 Å². The van der Waals surface area contributed by atoms with Crippen molar-refractivity contribution in [2.24, 2.45) is 0 Å². The van der Waals surface area contributed by atoms with Crippen LogP contribution in [0.4, 0.5) is 0 Å². The van der Waals surface area contributed by atoms with Crippen LogP contribution >= 0.6 is 0 Å². The number of hydrogen-bond acceptors (Lipinski definition) is 3. The highest BCUT2D eigenvalue weighted by molar-refractivity contribution is 5.43. The molecule has 0 aliphatic carbocycles. The highest BCUT2D eigenvalue weighted by Crippen LogP contribution is 2.25.